The van der Waals surface area contributed by atoms with E-state index in [1.54, 1.807) is 24.0 Å². The minimum absolute atomic E-state index is 0.191. The van der Waals surface area contributed by atoms with Gasteiger partial charge in [-0.15, -0.1) is 13.2 Å². The van der Waals surface area contributed by atoms with Crippen molar-refractivity contribution in [2.75, 3.05) is 26.3 Å². The van der Waals surface area contributed by atoms with E-state index in [1.165, 1.54) is 4.90 Å². The van der Waals surface area contributed by atoms with Crippen molar-refractivity contribution in [3.05, 3.63) is 25.3 Å². The van der Waals surface area contributed by atoms with Crippen molar-refractivity contribution in [1.29, 1.82) is 0 Å². The number of nitrogens with zero attached hydrogens (tertiary/aromatic N) is 2. The van der Waals surface area contributed by atoms with Crippen LogP contribution in [0.4, 0.5) is 0 Å². The molecule has 2 unspecified atom stereocenters. The number of hydrogen-bond donors (Lipinski definition) is 1. The Balaban J connectivity index is 2.03. The van der Waals surface area contributed by atoms with Gasteiger partial charge in [-0.2, -0.15) is 0 Å². The van der Waals surface area contributed by atoms with Crippen LogP contribution in [-0.2, 0) is 23.9 Å². The lowest BCUT2D eigenvalue weighted by Gasteiger charge is -2.38. The maximum absolute atomic E-state index is 14.1. The van der Waals surface area contributed by atoms with Gasteiger partial charge >= 0.3 is 5.97 Å². The molecule has 1 spiro atoms. The fourth-order valence-corrected chi connectivity index (χ4v) is 6.36. The van der Waals surface area contributed by atoms with E-state index in [9.17, 15) is 19.5 Å². The lowest BCUT2D eigenvalue weighted by atomic mass is 9.65. The number of unbranched alkanes of at least 4 members (excludes halogenated alkanes) is 2. The largest absolute Gasteiger partial charge is 0.465 e. The molecule has 0 radical (unpaired) electrons. The molecule has 0 saturated carbocycles. The summed E-state index contributed by atoms with van der Waals surface area (Å²) in [6.07, 6.45) is 8.38. The summed E-state index contributed by atoms with van der Waals surface area (Å²) in [5.74, 6) is -2.55. The molecule has 0 aromatic rings. The van der Waals surface area contributed by atoms with Crippen molar-refractivity contribution in [2.24, 2.45) is 11.8 Å². The van der Waals surface area contributed by atoms with Crippen LogP contribution in [0.5, 0.6) is 0 Å². The Bertz CT molecular complexity index is 830. The SMILES string of the molecule is C=CCCOC(=O)[C@H]1[C@H]2C(=O)N([C@H](C)CO)C(C(=O)N(CC=C)CCCCC)C23CC[C@]1(CC)O3. The molecule has 8 heteroatoms. The summed E-state index contributed by atoms with van der Waals surface area (Å²) in [5, 5.41) is 10.00. The Morgan fingerprint density at radius 1 is 1.29 bits per heavy atom. The third-order valence-corrected chi connectivity index (χ3v) is 8.10. The minimum Gasteiger partial charge on any atom is -0.465 e. The van der Waals surface area contributed by atoms with E-state index < -0.39 is 41.1 Å². The highest BCUT2D eigenvalue weighted by molar-refractivity contribution is 5.98. The molecule has 6 atom stereocenters. The molecular formula is C27H42N2O6. The van der Waals surface area contributed by atoms with Gasteiger partial charge in [-0.3, -0.25) is 14.4 Å². The molecule has 3 heterocycles. The van der Waals surface area contributed by atoms with Crippen LogP contribution < -0.4 is 0 Å². The van der Waals surface area contributed by atoms with Crippen molar-refractivity contribution >= 4 is 17.8 Å². The van der Waals surface area contributed by atoms with Crippen molar-refractivity contribution < 1.29 is 29.0 Å². The van der Waals surface area contributed by atoms with Gasteiger partial charge in [0.15, 0.2) is 0 Å². The monoisotopic (exact) mass is 490 g/mol. The molecule has 3 fully saturated rings. The molecule has 3 aliphatic heterocycles. The van der Waals surface area contributed by atoms with Crippen LogP contribution in [0.25, 0.3) is 0 Å². The second kappa shape index (κ2) is 11.2. The molecule has 2 bridgehead atoms. The van der Waals surface area contributed by atoms with Crippen LogP contribution in [0.15, 0.2) is 25.3 Å². The maximum atomic E-state index is 14.1. The van der Waals surface area contributed by atoms with Gasteiger partial charge in [-0.25, -0.2) is 0 Å². The molecule has 8 nitrogen and oxygen atoms in total. The number of rotatable bonds is 14. The van der Waals surface area contributed by atoms with Gasteiger partial charge in [0.2, 0.25) is 11.8 Å². The first-order chi connectivity index (χ1) is 16.8. The summed E-state index contributed by atoms with van der Waals surface area (Å²) >= 11 is 0. The Hall–Kier alpha value is -2.19. The van der Waals surface area contributed by atoms with E-state index in [0.717, 1.165) is 19.3 Å². The standard InChI is InChI=1S/C27H42N2O6/c1-6-10-12-16-28(15-8-3)24(32)22-27-14-13-26(9-4,35-27)21(25(33)34-17-11-7-2)20(27)23(31)29(22)19(5)18-30/h7-8,19-22,30H,2-3,6,9-18H2,1,4-5H3/t19-,20+,21-,22?,26+,27?/m1/s1. The third-order valence-electron chi connectivity index (χ3n) is 8.10. The molecular weight excluding hydrogens is 448 g/mol. The summed E-state index contributed by atoms with van der Waals surface area (Å²) in [6.45, 7) is 14.1. The van der Waals surface area contributed by atoms with Crippen molar-refractivity contribution in [1.82, 2.24) is 9.80 Å². The van der Waals surface area contributed by atoms with Crippen molar-refractivity contribution in [2.45, 2.75) is 89.0 Å². The molecule has 3 aliphatic rings. The third kappa shape index (κ3) is 4.55. The Labute approximate surface area is 209 Å². The van der Waals surface area contributed by atoms with Crippen LogP contribution in [0.3, 0.4) is 0 Å². The normalized spacial score (nSPS) is 31.8. The number of ether oxygens (including phenoxy) is 2. The quantitative estimate of drug-likeness (QED) is 0.229. The molecule has 0 aliphatic carbocycles. The summed E-state index contributed by atoms with van der Waals surface area (Å²) in [6, 6.07) is -1.49. The highest BCUT2D eigenvalue weighted by Gasteiger charge is 2.79. The minimum atomic E-state index is -1.11. The predicted octanol–water partition coefficient (Wildman–Crippen LogP) is 2.85. The van der Waals surface area contributed by atoms with E-state index in [2.05, 4.69) is 20.1 Å². The number of fused-ring (bicyclic) bond motifs is 1. The van der Waals surface area contributed by atoms with Gasteiger partial charge in [0, 0.05) is 13.1 Å². The van der Waals surface area contributed by atoms with Gasteiger partial charge < -0.3 is 24.4 Å². The summed E-state index contributed by atoms with van der Waals surface area (Å²) in [4.78, 5) is 44.6. The highest BCUT2D eigenvalue weighted by atomic mass is 16.6. The second-order valence-electron chi connectivity index (χ2n) is 10.1. The first-order valence-corrected chi connectivity index (χ1v) is 13.1. The Morgan fingerprint density at radius 2 is 2.03 bits per heavy atom. The van der Waals surface area contributed by atoms with Crippen LogP contribution in [-0.4, -0.2) is 82.3 Å². The molecule has 0 aromatic carbocycles. The molecule has 0 aromatic heterocycles. The zero-order valence-corrected chi connectivity index (χ0v) is 21.5. The number of amides is 2. The highest BCUT2D eigenvalue weighted by Crippen LogP contribution is 2.64. The second-order valence-corrected chi connectivity index (χ2v) is 10.1. The first-order valence-electron chi connectivity index (χ1n) is 13.1. The number of aliphatic hydroxyl groups is 1. The number of aliphatic hydroxyl groups excluding tert-OH is 1. The van der Waals surface area contributed by atoms with Crippen molar-refractivity contribution in [3.8, 4) is 0 Å². The average Bonchev–Trinajstić information content (AvgIpc) is 3.46. The number of carbonyl (C=O) groups excluding carboxylic acids is 3. The molecule has 1 N–H and O–H groups in total. The number of carbonyl (C=O) groups is 3. The molecule has 2 amide bonds. The average molecular weight is 491 g/mol. The molecule has 3 saturated heterocycles. The fraction of sp³-hybridized carbons (Fsp3) is 0.741. The maximum Gasteiger partial charge on any atom is 0.312 e. The van der Waals surface area contributed by atoms with Gasteiger partial charge in [0.05, 0.1) is 30.8 Å². The molecule has 35 heavy (non-hydrogen) atoms. The topological polar surface area (TPSA) is 96.4 Å². The van der Waals surface area contributed by atoms with E-state index >= 15 is 0 Å². The van der Waals surface area contributed by atoms with E-state index in [4.69, 9.17) is 9.47 Å². The van der Waals surface area contributed by atoms with Gasteiger partial charge in [-0.05, 0) is 39.0 Å². The van der Waals surface area contributed by atoms with Crippen molar-refractivity contribution in [3.63, 3.8) is 0 Å². The lowest BCUT2D eigenvalue weighted by molar-refractivity contribution is -0.163. The zero-order valence-electron chi connectivity index (χ0n) is 21.5. The fourth-order valence-electron chi connectivity index (χ4n) is 6.36. The van der Waals surface area contributed by atoms with Crippen LogP contribution in [0.2, 0.25) is 0 Å². The predicted molar refractivity (Wildman–Crippen MR) is 132 cm³/mol. The zero-order chi connectivity index (χ0) is 25.8. The smallest absolute Gasteiger partial charge is 0.312 e. The van der Waals surface area contributed by atoms with Crippen LogP contribution >= 0.6 is 0 Å². The number of esters is 1. The Morgan fingerprint density at radius 3 is 2.63 bits per heavy atom. The van der Waals surface area contributed by atoms with Crippen LogP contribution in [0.1, 0.15) is 65.7 Å². The number of likely N-dealkylation sites (tertiary alicyclic amines) is 1. The van der Waals surface area contributed by atoms with Gasteiger partial charge in [-0.1, -0.05) is 38.8 Å². The summed E-state index contributed by atoms with van der Waals surface area (Å²) in [5.41, 5.74) is -1.94. The summed E-state index contributed by atoms with van der Waals surface area (Å²) in [7, 11) is 0. The first kappa shape index (κ1) is 27.4. The summed E-state index contributed by atoms with van der Waals surface area (Å²) < 4.78 is 12.3. The van der Waals surface area contributed by atoms with Gasteiger partial charge in [0.25, 0.3) is 0 Å². The van der Waals surface area contributed by atoms with E-state index in [0.29, 0.717) is 38.8 Å². The Kier molecular flexibility index (Phi) is 8.81. The number of hydrogen-bond acceptors (Lipinski definition) is 6. The van der Waals surface area contributed by atoms with Gasteiger partial charge in [0.1, 0.15) is 17.6 Å². The lowest BCUT2D eigenvalue weighted by Crippen LogP contribution is -2.58. The van der Waals surface area contributed by atoms with E-state index in [1.807, 2.05) is 6.92 Å². The van der Waals surface area contributed by atoms with E-state index in [-0.39, 0.29) is 25.0 Å². The van der Waals surface area contributed by atoms with Crippen LogP contribution in [0, 0.1) is 11.8 Å². The molecule has 196 valence electrons. The molecule has 3 rings (SSSR count).